The molecule has 2 unspecified atom stereocenters. The average molecular weight is 717 g/mol. The molecule has 47 heavy (non-hydrogen) atoms. The number of aromatic nitrogens is 2. The number of aliphatic imine (C=N–C) groups is 2. The Morgan fingerprint density at radius 3 is 2.28 bits per heavy atom. The number of pyridine rings is 2. The van der Waals surface area contributed by atoms with Crippen LogP contribution in [0.5, 0.6) is 5.75 Å². The summed E-state index contributed by atoms with van der Waals surface area (Å²) in [5.74, 6) is -10.9. The Balaban J connectivity index is 1.71. The molecule has 0 N–H and O–H groups in total. The van der Waals surface area contributed by atoms with Gasteiger partial charge in [0.1, 0.15) is 17.2 Å². The van der Waals surface area contributed by atoms with Gasteiger partial charge in [0.15, 0.2) is 13.2 Å². The number of halogens is 10. The van der Waals surface area contributed by atoms with Gasteiger partial charge in [-0.3, -0.25) is 20.0 Å². The molecule has 0 amide bonds. The Morgan fingerprint density at radius 2 is 1.66 bits per heavy atom. The molecule has 2 aromatic rings. The van der Waals surface area contributed by atoms with Crippen LogP contribution in [0.25, 0.3) is 11.4 Å². The minimum atomic E-state index is -5.78. The lowest BCUT2D eigenvalue weighted by Crippen LogP contribution is -2.41. The normalized spacial score (nSPS) is 18.0. The van der Waals surface area contributed by atoms with Crippen molar-refractivity contribution >= 4 is 33.5 Å². The van der Waals surface area contributed by atoms with Gasteiger partial charge in [0.2, 0.25) is 0 Å². The predicted octanol–water partition coefficient (Wildman–Crippen LogP) is 9.53. The largest absolute Gasteiger partial charge is 0.486 e. The molecule has 6 nitrogen and oxygen atoms in total. The summed E-state index contributed by atoms with van der Waals surface area (Å²) in [6.45, 7) is 3.55. The highest BCUT2D eigenvalue weighted by molar-refractivity contribution is 8.77. The van der Waals surface area contributed by atoms with Crippen molar-refractivity contribution in [3.63, 3.8) is 0 Å². The van der Waals surface area contributed by atoms with E-state index in [0.29, 0.717) is 16.3 Å². The highest BCUT2D eigenvalue weighted by Crippen LogP contribution is 2.43. The van der Waals surface area contributed by atoms with E-state index in [4.69, 9.17) is 4.74 Å². The summed E-state index contributed by atoms with van der Waals surface area (Å²) in [6.07, 6.45) is -3.21. The molecule has 0 saturated heterocycles. The summed E-state index contributed by atoms with van der Waals surface area (Å²) < 4.78 is 137. The van der Waals surface area contributed by atoms with Crippen molar-refractivity contribution in [1.29, 1.82) is 0 Å². The molecule has 256 valence electrons. The summed E-state index contributed by atoms with van der Waals surface area (Å²) in [5, 5.41) is -0.379. The highest BCUT2D eigenvalue weighted by Gasteiger charge is 2.59. The van der Waals surface area contributed by atoms with Crippen LogP contribution in [0.15, 0.2) is 87.9 Å². The van der Waals surface area contributed by atoms with E-state index >= 15 is 0 Å². The first kappa shape index (κ1) is 37.9. The second kappa shape index (κ2) is 15.6. The molecule has 1 aliphatic rings. The van der Waals surface area contributed by atoms with E-state index < -0.39 is 37.4 Å². The minimum absolute atomic E-state index is 0.104. The van der Waals surface area contributed by atoms with Crippen molar-refractivity contribution in [2.24, 2.45) is 15.9 Å². The SMILES string of the molecule is C=C(/N=C\C(=C/CC)OCC(F)(F)C(F)(F)F)C1=NC=CC(C)C1SSc1cccnc1-c1ccc(OCC(F)(F)C(F)(F)F)cn1. The van der Waals surface area contributed by atoms with Crippen LogP contribution in [0, 0.1) is 5.92 Å². The molecule has 3 heterocycles. The molecule has 3 rings (SSSR count). The number of nitrogens with zero attached hydrogens (tertiary/aromatic N) is 4. The monoisotopic (exact) mass is 716 g/mol. The summed E-state index contributed by atoms with van der Waals surface area (Å²) in [6, 6.07) is 5.90. The number of alkyl halides is 10. The highest BCUT2D eigenvalue weighted by atomic mass is 33.1. The molecule has 0 fully saturated rings. The molecular weight excluding hydrogens is 690 g/mol. The van der Waals surface area contributed by atoms with Gasteiger partial charge < -0.3 is 9.47 Å². The fourth-order valence-corrected chi connectivity index (χ4v) is 6.44. The molecule has 0 bridgehead atoms. The first-order valence-electron chi connectivity index (χ1n) is 13.4. The van der Waals surface area contributed by atoms with Crippen molar-refractivity contribution in [2.75, 3.05) is 13.2 Å². The first-order valence-corrected chi connectivity index (χ1v) is 15.6. The fourth-order valence-electron chi connectivity index (χ4n) is 3.48. The molecular formula is C29H26F10N4O2S2. The van der Waals surface area contributed by atoms with Gasteiger partial charge in [-0.15, -0.1) is 0 Å². The third kappa shape index (κ3) is 10.2. The summed E-state index contributed by atoms with van der Waals surface area (Å²) in [7, 11) is 2.59. The maximum absolute atomic E-state index is 13.4. The van der Waals surface area contributed by atoms with Crippen LogP contribution in [-0.4, -0.2) is 64.6 Å². The van der Waals surface area contributed by atoms with Crippen molar-refractivity contribution in [3.05, 3.63) is 73.0 Å². The maximum Gasteiger partial charge on any atom is 0.456 e. The summed E-state index contributed by atoms with van der Waals surface area (Å²) in [4.78, 5) is 17.5. The van der Waals surface area contributed by atoms with Crippen molar-refractivity contribution in [2.45, 2.75) is 54.6 Å². The van der Waals surface area contributed by atoms with Gasteiger partial charge in [-0.25, -0.2) is 0 Å². The summed E-state index contributed by atoms with van der Waals surface area (Å²) in [5.41, 5.74) is 1.14. The maximum atomic E-state index is 13.4. The molecule has 0 radical (unpaired) electrons. The Morgan fingerprint density at radius 1 is 0.979 bits per heavy atom. The molecule has 2 aromatic heterocycles. The van der Waals surface area contributed by atoms with Crippen LogP contribution in [0.3, 0.4) is 0 Å². The summed E-state index contributed by atoms with van der Waals surface area (Å²) >= 11 is 0. The van der Waals surface area contributed by atoms with Crippen molar-refractivity contribution in [3.8, 4) is 17.1 Å². The number of hydrogen-bond donors (Lipinski definition) is 0. The molecule has 0 saturated carbocycles. The lowest BCUT2D eigenvalue weighted by molar-refractivity contribution is -0.293. The van der Waals surface area contributed by atoms with E-state index in [-0.39, 0.29) is 40.5 Å². The topological polar surface area (TPSA) is 69.0 Å². The van der Waals surface area contributed by atoms with Gasteiger partial charge >= 0.3 is 24.2 Å². The molecule has 0 aromatic carbocycles. The van der Waals surface area contributed by atoms with E-state index in [0.717, 1.165) is 12.4 Å². The third-order valence-electron chi connectivity index (χ3n) is 6.06. The van der Waals surface area contributed by atoms with Gasteiger partial charge in [-0.2, -0.15) is 43.9 Å². The number of ether oxygens (including phenoxy) is 2. The standard InChI is InChI=1S/C29H26F10N4O2S2/c1-4-6-19(44-15-26(30,31)28(34,35)36)13-42-18(3)23-25(17(2)10-12-41-23)47-46-22-7-5-11-40-24(22)21-9-8-20(14-43-21)45-16-27(32,33)29(37,38)39/h5-14,17,25H,3-4,15-16H2,1-2H3/b19-6+,42-13-. The second-order valence-electron chi connectivity index (χ2n) is 9.75. The van der Waals surface area contributed by atoms with Gasteiger partial charge in [0.05, 0.1) is 34.8 Å². The van der Waals surface area contributed by atoms with Crippen molar-refractivity contribution < 1.29 is 53.4 Å². The zero-order chi connectivity index (χ0) is 35.0. The second-order valence-corrected chi connectivity index (χ2v) is 12.1. The first-order chi connectivity index (χ1) is 21.9. The Kier molecular flexibility index (Phi) is 12.6. The average Bonchev–Trinajstić information content (AvgIpc) is 3.00. The Bertz CT molecular complexity index is 1510. The van der Waals surface area contributed by atoms with E-state index in [9.17, 15) is 43.9 Å². The van der Waals surface area contributed by atoms with E-state index in [1.807, 2.05) is 13.0 Å². The van der Waals surface area contributed by atoms with Gasteiger partial charge in [0, 0.05) is 17.3 Å². The fraction of sp³-hybridized carbons (Fsp3) is 0.379. The molecule has 2 atom stereocenters. The zero-order valence-electron chi connectivity index (χ0n) is 24.5. The van der Waals surface area contributed by atoms with Crippen LogP contribution < -0.4 is 4.74 Å². The van der Waals surface area contributed by atoms with Crippen LogP contribution in [0.1, 0.15) is 20.3 Å². The molecule has 18 heteroatoms. The van der Waals surface area contributed by atoms with Gasteiger partial charge in [-0.05, 0) is 42.7 Å². The number of rotatable bonds is 14. The lowest BCUT2D eigenvalue weighted by atomic mass is 10.00. The molecule has 0 aliphatic carbocycles. The zero-order valence-corrected chi connectivity index (χ0v) is 26.1. The smallest absolute Gasteiger partial charge is 0.456 e. The third-order valence-corrected chi connectivity index (χ3v) is 8.97. The van der Waals surface area contributed by atoms with E-state index in [2.05, 4.69) is 31.3 Å². The quantitative estimate of drug-likeness (QED) is 0.0840. The van der Waals surface area contributed by atoms with Crippen LogP contribution in [-0.2, 0) is 4.74 Å². The van der Waals surface area contributed by atoms with Crippen molar-refractivity contribution in [1.82, 2.24) is 9.97 Å². The van der Waals surface area contributed by atoms with Gasteiger partial charge in [0.25, 0.3) is 0 Å². The minimum Gasteiger partial charge on any atom is -0.486 e. The Labute approximate surface area is 270 Å². The number of hydrogen-bond acceptors (Lipinski definition) is 8. The predicted molar refractivity (Wildman–Crippen MR) is 160 cm³/mol. The Hall–Kier alpha value is -3.54. The van der Waals surface area contributed by atoms with Crippen LogP contribution in [0.4, 0.5) is 43.9 Å². The van der Waals surface area contributed by atoms with E-state index in [1.165, 1.54) is 52.2 Å². The molecule has 1 aliphatic heterocycles. The van der Waals surface area contributed by atoms with E-state index in [1.54, 1.807) is 19.1 Å². The van der Waals surface area contributed by atoms with Crippen LogP contribution >= 0.6 is 21.6 Å². The van der Waals surface area contributed by atoms with Crippen LogP contribution in [0.2, 0.25) is 0 Å². The lowest BCUT2D eigenvalue weighted by Gasteiger charge is -2.25. The number of allylic oxidation sites excluding steroid dienone is 4. The van der Waals surface area contributed by atoms with Gasteiger partial charge in [-0.1, -0.05) is 48.1 Å². The molecule has 0 spiro atoms.